The molecule has 0 radical (unpaired) electrons. The van der Waals surface area contributed by atoms with Crippen molar-refractivity contribution in [2.45, 2.75) is 0 Å². The normalized spacial score (nSPS) is 13.2. The molecule has 5 heteroatoms. The van der Waals surface area contributed by atoms with Gasteiger partial charge in [0.2, 0.25) is 5.52 Å². The molecular formula is C13H10LiO3P. The molecule has 0 saturated heterocycles. The summed E-state index contributed by atoms with van der Waals surface area (Å²) in [6.45, 7) is 0. The SMILES string of the molecule is O=C(c1ccccc1)P(=O)([O-])c1ccccc1.[Li+]. The number of carbonyl (C=O) groups is 1. The Kier molecular flexibility index (Phi) is 5.13. The van der Waals surface area contributed by atoms with Crippen molar-refractivity contribution in [1.82, 2.24) is 0 Å². The number of hydrogen-bond donors (Lipinski definition) is 0. The molecule has 0 aliphatic carbocycles. The van der Waals surface area contributed by atoms with Gasteiger partial charge in [-0.05, 0) is 0 Å². The van der Waals surface area contributed by atoms with Gasteiger partial charge in [-0.1, -0.05) is 60.7 Å². The van der Waals surface area contributed by atoms with Gasteiger partial charge in [-0.25, -0.2) is 0 Å². The van der Waals surface area contributed by atoms with E-state index in [2.05, 4.69) is 0 Å². The smallest absolute Gasteiger partial charge is 0.790 e. The predicted molar refractivity (Wildman–Crippen MR) is 64.5 cm³/mol. The maximum Gasteiger partial charge on any atom is 1.00 e. The van der Waals surface area contributed by atoms with Crippen molar-refractivity contribution in [2.75, 3.05) is 0 Å². The van der Waals surface area contributed by atoms with Crippen molar-refractivity contribution in [1.29, 1.82) is 0 Å². The summed E-state index contributed by atoms with van der Waals surface area (Å²) in [5.41, 5.74) is -0.654. The molecule has 0 aliphatic heterocycles. The van der Waals surface area contributed by atoms with Gasteiger partial charge >= 0.3 is 18.9 Å². The van der Waals surface area contributed by atoms with Crippen LogP contribution >= 0.6 is 7.37 Å². The molecule has 1 unspecified atom stereocenters. The molecule has 0 aliphatic rings. The first-order chi connectivity index (χ1) is 8.12. The monoisotopic (exact) mass is 252 g/mol. The van der Waals surface area contributed by atoms with E-state index in [1.165, 1.54) is 24.3 Å². The Hall–Kier alpha value is -1.10. The molecule has 0 amide bonds. The maximum absolute atomic E-state index is 12.0. The third kappa shape index (κ3) is 3.01. The summed E-state index contributed by atoms with van der Waals surface area (Å²) in [7, 11) is -4.25. The molecule has 0 aromatic heterocycles. The summed E-state index contributed by atoms with van der Waals surface area (Å²) in [5.74, 6) is 0. The summed E-state index contributed by atoms with van der Waals surface area (Å²) in [6, 6.07) is 15.7. The second-order valence-corrected chi connectivity index (χ2v) is 5.58. The molecular weight excluding hydrogens is 242 g/mol. The second-order valence-electron chi connectivity index (χ2n) is 3.56. The molecule has 18 heavy (non-hydrogen) atoms. The van der Waals surface area contributed by atoms with Crippen LogP contribution in [0.2, 0.25) is 0 Å². The molecule has 0 bridgehead atoms. The van der Waals surface area contributed by atoms with Crippen molar-refractivity contribution >= 4 is 18.2 Å². The standard InChI is InChI=1S/C13H11O3P.Li/c14-13(11-7-3-1-4-8-11)17(15,16)12-9-5-2-6-10-12;/h1-10H,(H,15,16);/q;+1/p-1. The number of rotatable bonds is 3. The third-order valence-corrected chi connectivity index (χ3v) is 4.16. The van der Waals surface area contributed by atoms with Crippen LogP contribution < -0.4 is 29.1 Å². The van der Waals surface area contributed by atoms with Crippen LogP contribution in [0.1, 0.15) is 10.4 Å². The van der Waals surface area contributed by atoms with E-state index in [0.717, 1.165) is 0 Å². The number of hydrogen-bond acceptors (Lipinski definition) is 3. The Labute approximate surface area is 117 Å². The molecule has 2 aromatic rings. The van der Waals surface area contributed by atoms with Crippen molar-refractivity contribution in [3.63, 3.8) is 0 Å². The summed E-state index contributed by atoms with van der Waals surface area (Å²) in [4.78, 5) is 23.9. The molecule has 0 saturated carbocycles. The Morgan fingerprint density at radius 1 is 0.889 bits per heavy atom. The zero-order chi connectivity index (χ0) is 12.3. The summed E-state index contributed by atoms with van der Waals surface area (Å²) >= 11 is 0. The van der Waals surface area contributed by atoms with Crippen LogP contribution in [0.4, 0.5) is 0 Å². The minimum absolute atomic E-state index is 0. The molecule has 2 rings (SSSR count). The fourth-order valence-electron chi connectivity index (χ4n) is 1.49. The molecule has 86 valence electrons. The van der Waals surface area contributed by atoms with Gasteiger partial charge in [-0.3, -0.25) is 4.79 Å². The van der Waals surface area contributed by atoms with E-state index < -0.39 is 12.9 Å². The maximum atomic E-state index is 12.0. The average molecular weight is 252 g/mol. The first-order valence-corrected chi connectivity index (χ1v) is 6.71. The van der Waals surface area contributed by atoms with Crippen LogP contribution in [0.3, 0.4) is 0 Å². The van der Waals surface area contributed by atoms with Gasteiger partial charge in [0, 0.05) is 10.9 Å². The zero-order valence-electron chi connectivity index (χ0n) is 9.95. The van der Waals surface area contributed by atoms with Gasteiger partial charge in [-0.2, -0.15) is 0 Å². The largest absolute Gasteiger partial charge is 1.00 e. The van der Waals surface area contributed by atoms with Crippen molar-refractivity contribution in [3.8, 4) is 0 Å². The molecule has 2 aromatic carbocycles. The Morgan fingerprint density at radius 3 is 1.83 bits per heavy atom. The first-order valence-electron chi connectivity index (χ1n) is 5.09. The van der Waals surface area contributed by atoms with Crippen LogP contribution in [-0.4, -0.2) is 5.52 Å². The first kappa shape index (κ1) is 15.0. The average Bonchev–Trinajstić information content (AvgIpc) is 2.40. The van der Waals surface area contributed by atoms with Crippen LogP contribution in [0.5, 0.6) is 0 Å². The van der Waals surface area contributed by atoms with E-state index in [1.54, 1.807) is 36.4 Å². The molecule has 3 nitrogen and oxygen atoms in total. The van der Waals surface area contributed by atoms with Gasteiger partial charge in [0.15, 0.2) is 0 Å². The van der Waals surface area contributed by atoms with E-state index >= 15 is 0 Å². The van der Waals surface area contributed by atoms with Gasteiger partial charge < -0.3 is 9.46 Å². The Balaban J connectivity index is 0.00000162. The molecule has 0 N–H and O–H groups in total. The van der Waals surface area contributed by atoms with Crippen LogP contribution in [0, 0.1) is 0 Å². The quantitative estimate of drug-likeness (QED) is 0.509. The second kappa shape index (κ2) is 6.18. The van der Waals surface area contributed by atoms with E-state index in [1.807, 2.05) is 0 Å². The van der Waals surface area contributed by atoms with Crippen molar-refractivity contribution in [2.24, 2.45) is 0 Å². The van der Waals surface area contributed by atoms with Gasteiger partial charge in [0.1, 0.15) is 7.37 Å². The number of benzene rings is 2. The Bertz CT molecular complexity index is 569. The fraction of sp³-hybridized carbons (Fsp3) is 0. The number of carbonyl (C=O) groups excluding carboxylic acids is 1. The Morgan fingerprint density at radius 2 is 1.33 bits per heavy atom. The summed E-state index contributed by atoms with van der Waals surface area (Å²) < 4.78 is 12.0. The predicted octanol–water partition coefficient (Wildman–Crippen LogP) is -1.21. The summed E-state index contributed by atoms with van der Waals surface area (Å²) in [5, 5.41) is 0.0499. The van der Waals surface area contributed by atoms with Crippen LogP contribution in [-0.2, 0) is 4.57 Å². The minimum atomic E-state index is -4.25. The van der Waals surface area contributed by atoms with E-state index in [0.29, 0.717) is 0 Å². The van der Waals surface area contributed by atoms with Crippen LogP contribution in [0.25, 0.3) is 0 Å². The molecule has 0 fully saturated rings. The summed E-state index contributed by atoms with van der Waals surface area (Å²) in [6.07, 6.45) is 0. The molecule has 0 spiro atoms. The van der Waals surface area contributed by atoms with Gasteiger partial charge in [0.25, 0.3) is 0 Å². The van der Waals surface area contributed by atoms with Gasteiger partial charge in [-0.15, -0.1) is 0 Å². The zero-order valence-corrected chi connectivity index (χ0v) is 10.8. The fourth-order valence-corrected chi connectivity index (χ4v) is 2.78. The molecule has 1 atom stereocenters. The van der Waals surface area contributed by atoms with Gasteiger partial charge in [0.05, 0.1) is 0 Å². The van der Waals surface area contributed by atoms with Crippen LogP contribution in [0.15, 0.2) is 60.7 Å². The topological polar surface area (TPSA) is 57.2 Å². The third-order valence-electron chi connectivity index (χ3n) is 2.38. The van der Waals surface area contributed by atoms with E-state index in [-0.39, 0.29) is 29.7 Å². The minimum Gasteiger partial charge on any atom is -0.790 e. The van der Waals surface area contributed by atoms with Crippen molar-refractivity contribution < 1.29 is 33.1 Å². The van der Waals surface area contributed by atoms with Crippen molar-refractivity contribution in [3.05, 3.63) is 66.2 Å². The van der Waals surface area contributed by atoms with E-state index in [9.17, 15) is 14.3 Å². The van der Waals surface area contributed by atoms with E-state index in [4.69, 9.17) is 0 Å². The molecule has 0 heterocycles.